The summed E-state index contributed by atoms with van der Waals surface area (Å²) in [6.45, 7) is 3.01. The largest absolute Gasteiger partial charge is 0.573 e. The molecule has 0 aliphatic carbocycles. The Hall–Kier alpha value is -4.37. The van der Waals surface area contributed by atoms with Crippen LogP contribution in [0.5, 0.6) is 11.5 Å². The Balaban J connectivity index is 1.32. The minimum Gasteiger partial charge on any atom is -0.429 e. The van der Waals surface area contributed by atoms with Gasteiger partial charge >= 0.3 is 12.5 Å². The Morgan fingerprint density at radius 3 is 1.76 bits per heavy atom. The molecule has 0 unspecified atom stereocenters. The smallest absolute Gasteiger partial charge is 0.429 e. The third-order valence-corrected chi connectivity index (χ3v) is 7.81. The maximum absolute atomic E-state index is 15.2. The van der Waals surface area contributed by atoms with Crippen molar-refractivity contribution in [1.82, 2.24) is 0 Å². The number of alkyl halides is 5. The Kier molecular flexibility index (Phi) is 11.0. The Labute approximate surface area is 278 Å². The summed E-state index contributed by atoms with van der Waals surface area (Å²) in [6, 6.07) is 7.71. The molecule has 1 fully saturated rings. The summed E-state index contributed by atoms with van der Waals surface area (Å²) in [5, 5.41) is 0. The number of halogens is 11. The maximum Gasteiger partial charge on any atom is 0.573 e. The molecule has 1 aliphatic rings. The number of benzene rings is 4. The minimum absolute atomic E-state index is 0.0252. The summed E-state index contributed by atoms with van der Waals surface area (Å²) in [6.07, 6.45) is -7.08. The molecule has 15 heteroatoms. The van der Waals surface area contributed by atoms with Crippen molar-refractivity contribution in [1.29, 1.82) is 0 Å². The van der Waals surface area contributed by atoms with Crippen molar-refractivity contribution in [2.45, 2.75) is 51.4 Å². The van der Waals surface area contributed by atoms with Crippen molar-refractivity contribution < 1.29 is 67.2 Å². The SMILES string of the molecule is CCCCCC1COC(c2ccc(-c3ccc(-c4cc(F)c(C(F)(F)Oc5cc(F)c(OC(F)(F)F)c(F)c5)c(F)c4)c(F)c3)c(F)c2)OC1. The van der Waals surface area contributed by atoms with Gasteiger partial charge in [-0.05, 0) is 41.8 Å². The van der Waals surface area contributed by atoms with Gasteiger partial charge in [-0.3, -0.25) is 0 Å². The second-order valence-corrected chi connectivity index (χ2v) is 11.5. The highest BCUT2D eigenvalue weighted by atomic mass is 19.4. The highest BCUT2D eigenvalue weighted by Gasteiger charge is 2.42. The van der Waals surface area contributed by atoms with E-state index in [2.05, 4.69) is 16.4 Å². The van der Waals surface area contributed by atoms with E-state index in [-0.39, 0.29) is 29.2 Å². The lowest BCUT2D eigenvalue weighted by Crippen LogP contribution is -2.27. The standard InChI is InChI=1S/C35H27F11O4/c1-2-3-4-5-18-16-47-33(48-17-18)20-7-9-23(26(37)11-20)19-6-8-24(25(36)10-19)21-12-27(38)31(28(39)13-21)34(42,43)49-22-14-29(40)32(30(41)15-22)50-35(44,45)46/h6-15,18,33H,2-5,16-17H2,1H3. The van der Waals surface area contributed by atoms with E-state index < -0.39 is 81.9 Å². The third kappa shape index (κ3) is 8.49. The zero-order valence-electron chi connectivity index (χ0n) is 26.0. The summed E-state index contributed by atoms with van der Waals surface area (Å²) in [7, 11) is 0. The fourth-order valence-corrected chi connectivity index (χ4v) is 5.43. The second kappa shape index (κ2) is 14.9. The molecule has 0 spiro atoms. The second-order valence-electron chi connectivity index (χ2n) is 11.5. The minimum atomic E-state index is -5.53. The average Bonchev–Trinajstić information content (AvgIpc) is 3.02. The number of hydrogen-bond acceptors (Lipinski definition) is 4. The lowest BCUT2D eigenvalue weighted by Gasteiger charge is -2.29. The topological polar surface area (TPSA) is 36.9 Å². The van der Waals surface area contributed by atoms with Crippen molar-refractivity contribution in [2.75, 3.05) is 13.2 Å². The summed E-state index contributed by atoms with van der Waals surface area (Å²) in [4.78, 5) is 0. The molecule has 4 aromatic rings. The normalized spacial score (nSPS) is 16.8. The molecule has 1 saturated heterocycles. The van der Waals surface area contributed by atoms with Crippen molar-refractivity contribution in [3.63, 3.8) is 0 Å². The first-order chi connectivity index (χ1) is 23.6. The summed E-state index contributed by atoms with van der Waals surface area (Å²) in [5.41, 5.74) is -2.63. The Bertz CT molecular complexity index is 1790. The van der Waals surface area contributed by atoms with Gasteiger partial charge in [0.05, 0.1) is 13.2 Å². The maximum atomic E-state index is 15.2. The van der Waals surface area contributed by atoms with Gasteiger partial charge in [0.2, 0.25) is 5.75 Å². The molecular weight excluding hydrogens is 693 g/mol. The van der Waals surface area contributed by atoms with E-state index in [0.29, 0.717) is 30.9 Å². The number of rotatable bonds is 11. The first kappa shape index (κ1) is 36.9. The van der Waals surface area contributed by atoms with Gasteiger partial charge in [-0.1, -0.05) is 50.5 Å². The van der Waals surface area contributed by atoms with Gasteiger partial charge in [-0.2, -0.15) is 8.78 Å². The quantitative estimate of drug-likeness (QED) is 0.114. The van der Waals surface area contributed by atoms with Crippen LogP contribution >= 0.6 is 0 Å². The molecular formula is C35H27F11O4. The van der Waals surface area contributed by atoms with Crippen LogP contribution in [0.4, 0.5) is 48.3 Å². The summed E-state index contributed by atoms with van der Waals surface area (Å²) in [5.74, 6) is -13.1. The Morgan fingerprint density at radius 2 is 1.20 bits per heavy atom. The van der Waals surface area contributed by atoms with Gasteiger partial charge in [0.1, 0.15) is 34.6 Å². The molecule has 0 bridgehead atoms. The first-order valence-electron chi connectivity index (χ1n) is 15.2. The van der Waals surface area contributed by atoms with E-state index in [0.717, 1.165) is 37.8 Å². The Morgan fingerprint density at radius 1 is 0.640 bits per heavy atom. The van der Waals surface area contributed by atoms with Crippen LogP contribution in [0.25, 0.3) is 22.3 Å². The first-order valence-corrected chi connectivity index (χ1v) is 15.2. The highest BCUT2D eigenvalue weighted by molar-refractivity contribution is 5.72. The molecule has 0 amide bonds. The number of ether oxygens (including phenoxy) is 4. The molecule has 1 aliphatic heterocycles. The van der Waals surface area contributed by atoms with Crippen LogP contribution in [0.3, 0.4) is 0 Å². The molecule has 0 saturated carbocycles. The zero-order chi connectivity index (χ0) is 36.4. The summed E-state index contributed by atoms with van der Waals surface area (Å²) >= 11 is 0. The van der Waals surface area contributed by atoms with E-state index in [1.54, 1.807) is 6.07 Å². The van der Waals surface area contributed by atoms with Crippen molar-refractivity contribution in [3.05, 3.63) is 107 Å². The highest BCUT2D eigenvalue weighted by Crippen LogP contribution is 2.40. The predicted molar refractivity (Wildman–Crippen MR) is 157 cm³/mol. The molecule has 4 aromatic carbocycles. The third-order valence-electron chi connectivity index (χ3n) is 7.81. The average molecular weight is 721 g/mol. The van der Waals surface area contributed by atoms with Crippen LogP contribution in [0, 0.1) is 40.8 Å². The van der Waals surface area contributed by atoms with E-state index >= 15 is 8.78 Å². The molecule has 4 nitrogen and oxygen atoms in total. The van der Waals surface area contributed by atoms with Crippen LogP contribution in [0.2, 0.25) is 0 Å². The van der Waals surface area contributed by atoms with E-state index in [1.807, 2.05) is 0 Å². The van der Waals surface area contributed by atoms with E-state index in [1.165, 1.54) is 18.2 Å². The molecule has 1 heterocycles. The van der Waals surface area contributed by atoms with Gasteiger partial charge in [-0.15, -0.1) is 13.2 Å². The molecule has 0 N–H and O–H groups in total. The van der Waals surface area contributed by atoms with Crippen LogP contribution in [-0.2, 0) is 15.6 Å². The lowest BCUT2D eigenvalue weighted by atomic mass is 9.97. The zero-order valence-corrected chi connectivity index (χ0v) is 26.0. The van der Waals surface area contributed by atoms with Crippen molar-refractivity contribution >= 4 is 0 Å². The molecule has 5 rings (SSSR count). The van der Waals surface area contributed by atoms with Gasteiger partial charge in [0, 0.05) is 34.7 Å². The van der Waals surface area contributed by atoms with Gasteiger partial charge in [-0.25, -0.2) is 26.3 Å². The summed E-state index contributed by atoms with van der Waals surface area (Å²) < 4.78 is 174. The molecule has 0 radical (unpaired) electrons. The van der Waals surface area contributed by atoms with Crippen LogP contribution in [0.1, 0.15) is 50.0 Å². The monoisotopic (exact) mass is 720 g/mol. The molecule has 50 heavy (non-hydrogen) atoms. The fraction of sp³-hybridized carbons (Fsp3) is 0.314. The van der Waals surface area contributed by atoms with Crippen LogP contribution in [-0.4, -0.2) is 19.6 Å². The van der Waals surface area contributed by atoms with E-state index in [4.69, 9.17) is 9.47 Å². The molecule has 268 valence electrons. The number of unbranched alkanes of at least 4 members (excludes halogenated alkanes) is 2. The predicted octanol–water partition coefficient (Wildman–Crippen LogP) is 11.1. The van der Waals surface area contributed by atoms with Gasteiger partial charge in [0.15, 0.2) is 17.9 Å². The fourth-order valence-electron chi connectivity index (χ4n) is 5.43. The van der Waals surface area contributed by atoms with Crippen molar-refractivity contribution in [3.8, 4) is 33.8 Å². The molecule has 0 aromatic heterocycles. The number of hydrogen-bond donors (Lipinski definition) is 0. The molecule has 0 atom stereocenters. The van der Waals surface area contributed by atoms with Crippen LogP contribution in [0.15, 0.2) is 60.7 Å². The van der Waals surface area contributed by atoms with Gasteiger partial charge in [0.25, 0.3) is 0 Å². The van der Waals surface area contributed by atoms with Gasteiger partial charge < -0.3 is 18.9 Å². The van der Waals surface area contributed by atoms with Crippen LogP contribution < -0.4 is 9.47 Å². The van der Waals surface area contributed by atoms with E-state index in [9.17, 15) is 39.5 Å². The van der Waals surface area contributed by atoms with Crippen molar-refractivity contribution in [2.24, 2.45) is 5.92 Å². The lowest BCUT2D eigenvalue weighted by molar-refractivity contribution is -0.276.